The van der Waals surface area contributed by atoms with Gasteiger partial charge in [-0.25, -0.2) is 9.79 Å². The minimum atomic E-state index is -0.0715. The first-order chi connectivity index (χ1) is 14.8. The molecular formula is C24H22N4O2. The zero-order chi connectivity index (χ0) is 20.3. The lowest BCUT2D eigenvalue weighted by Gasteiger charge is -2.36. The van der Waals surface area contributed by atoms with Crippen molar-refractivity contribution in [3.63, 3.8) is 0 Å². The SMILES string of the molecule is O=C(Nc1ccccc1)N1CCN(C2=Nc3ccccc3Oc3ccccc32)CC1. The summed E-state index contributed by atoms with van der Waals surface area (Å²) < 4.78 is 6.13. The van der Waals surface area contributed by atoms with E-state index in [0.717, 1.165) is 34.3 Å². The zero-order valence-electron chi connectivity index (χ0n) is 16.5. The lowest BCUT2D eigenvalue weighted by Crippen LogP contribution is -2.51. The van der Waals surface area contributed by atoms with E-state index in [2.05, 4.69) is 10.2 Å². The van der Waals surface area contributed by atoms with Crippen LogP contribution in [-0.2, 0) is 0 Å². The fraction of sp³-hybridized carbons (Fsp3) is 0.167. The van der Waals surface area contributed by atoms with Crippen molar-refractivity contribution in [1.82, 2.24) is 9.80 Å². The predicted octanol–water partition coefficient (Wildman–Crippen LogP) is 4.72. The largest absolute Gasteiger partial charge is 0.454 e. The lowest BCUT2D eigenvalue weighted by atomic mass is 10.1. The molecule has 6 nitrogen and oxygen atoms in total. The smallest absolute Gasteiger partial charge is 0.321 e. The predicted molar refractivity (Wildman–Crippen MR) is 118 cm³/mol. The first-order valence-electron chi connectivity index (χ1n) is 10.1. The number of fused-ring (bicyclic) bond motifs is 2. The summed E-state index contributed by atoms with van der Waals surface area (Å²) in [5, 5.41) is 2.96. The highest BCUT2D eigenvalue weighted by molar-refractivity contribution is 6.04. The van der Waals surface area contributed by atoms with Crippen LogP contribution in [0.4, 0.5) is 16.2 Å². The van der Waals surface area contributed by atoms with Crippen molar-refractivity contribution in [2.24, 2.45) is 4.99 Å². The Hall–Kier alpha value is -3.80. The number of rotatable bonds is 1. The molecular weight excluding hydrogens is 376 g/mol. The van der Waals surface area contributed by atoms with Crippen LogP contribution in [0.5, 0.6) is 11.5 Å². The van der Waals surface area contributed by atoms with E-state index in [1.54, 1.807) is 0 Å². The van der Waals surface area contributed by atoms with E-state index >= 15 is 0 Å². The van der Waals surface area contributed by atoms with E-state index in [-0.39, 0.29) is 6.03 Å². The number of carbonyl (C=O) groups excluding carboxylic acids is 1. The minimum Gasteiger partial charge on any atom is -0.454 e. The summed E-state index contributed by atoms with van der Waals surface area (Å²) in [4.78, 5) is 21.6. The number of nitrogens with zero attached hydrogens (tertiary/aromatic N) is 3. The molecule has 5 rings (SSSR count). The second-order valence-electron chi connectivity index (χ2n) is 7.27. The summed E-state index contributed by atoms with van der Waals surface area (Å²) in [6.45, 7) is 2.67. The number of carbonyl (C=O) groups is 1. The highest BCUT2D eigenvalue weighted by Gasteiger charge is 2.27. The number of urea groups is 1. The van der Waals surface area contributed by atoms with Crippen LogP contribution in [0.3, 0.4) is 0 Å². The maximum absolute atomic E-state index is 12.6. The van der Waals surface area contributed by atoms with E-state index in [1.807, 2.05) is 83.8 Å². The van der Waals surface area contributed by atoms with Gasteiger partial charge in [-0.3, -0.25) is 0 Å². The Kier molecular flexibility index (Phi) is 4.81. The molecule has 0 aliphatic carbocycles. The molecule has 3 aromatic carbocycles. The quantitative estimate of drug-likeness (QED) is 0.645. The normalized spacial score (nSPS) is 15.3. The molecule has 30 heavy (non-hydrogen) atoms. The van der Waals surface area contributed by atoms with Crippen LogP contribution in [-0.4, -0.2) is 47.8 Å². The van der Waals surface area contributed by atoms with Crippen molar-refractivity contribution >= 4 is 23.2 Å². The van der Waals surface area contributed by atoms with Crippen LogP contribution >= 0.6 is 0 Å². The summed E-state index contributed by atoms with van der Waals surface area (Å²) in [7, 11) is 0. The van der Waals surface area contributed by atoms with E-state index < -0.39 is 0 Å². The van der Waals surface area contributed by atoms with Gasteiger partial charge in [0.1, 0.15) is 17.3 Å². The number of aliphatic imine (C=N–C) groups is 1. The molecule has 0 bridgehead atoms. The molecule has 0 saturated carbocycles. The summed E-state index contributed by atoms with van der Waals surface area (Å²) in [5.41, 5.74) is 2.59. The van der Waals surface area contributed by atoms with E-state index in [9.17, 15) is 4.79 Å². The Bertz CT molecular complexity index is 1090. The molecule has 0 aromatic heterocycles. The number of para-hydroxylation sites is 4. The van der Waals surface area contributed by atoms with Gasteiger partial charge in [0.05, 0.1) is 5.56 Å². The molecule has 0 atom stereocenters. The van der Waals surface area contributed by atoms with Gasteiger partial charge in [-0.15, -0.1) is 0 Å². The molecule has 2 aliphatic heterocycles. The average molecular weight is 398 g/mol. The first kappa shape index (κ1) is 18.2. The third-order valence-electron chi connectivity index (χ3n) is 5.33. The van der Waals surface area contributed by atoms with Crippen molar-refractivity contribution < 1.29 is 9.53 Å². The van der Waals surface area contributed by atoms with Gasteiger partial charge >= 0.3 is 6.03 Å². The van der Waals surface area contributed by atoms with Crippen LogP contribution in [0, 0.1) is 0 Å². The topological polar surface area (TPSA) is 57.2 Å². The van der Waals surface area contributed by atoms with Gasteiger partial charge in [-0.2, -0.15) is 0 Å². The third kappa shape index (κ3) is 3.59. The van der Waals surface area contributed by atoms with Gasteiger partial charge < -0.3 is 19.9 Å². The second kappa shape index (κ2) is 7.91. The van der Waals surface area contributed by atoms with Gasteiger partial charge in [-0.1, -0.05) is 42.5 Å². The molecule has 3 aromatic rings. The van der Waals surface area contributed by atoms with Crippen LogP contribution < -0.4 is 10.1 Å². The van der Waals surface area contributed by atoms with Gasteiger partial charge in [0.15, 0.2) is 5.75 Å². The van der Waals surface area contributed by atoms with Crippen molar-refractivity contribution in [3.8, 4) is 11.5 Å². The molecule has 0 unspecified atom stereocenters. The summed E-state index contributed by atoms with van der Waals surface area (Å²) in [6.07, 6.45) is 0. The summed E-state index contributed by atoms with van der Waals surface area (Å²) >= 11 is 0. The fourth-order valence-electron chi connectivity index (χ4n) is 3.76. The fourth-order valence-corrected chi connectivity index (χ4v) is 3.76. The zero-order valence-corrected chi connectivity index (χ0v) is 16.5. The van der Waals surface area contributed by atoms with Crippen LogP contribution in [0.2, 0.25) is 0 Å². The summed E-state index contributed by atoms with van der Waals surface area (Å²) in [6, 6.07) is 25.3. The molecule has 1 N–H and O–H groups in total. The number of piperazine rings is 1. The number of amides is 2. The highest BCUT2D eigenvalue weighted by atomic mass is 16.5. The number of hydrogen-bond acceptors (Lipinski definition) is 4. The maximum Gasteiger partial charge on any atom is 0.321 e. The van der Waals surface area contributed by atoms with E-state index in [4.69, 9.17) is 9.73 Å². The van der Waals surface area contributed by atoms with E-state index in [0.29, 0.717) is 26.2 Å². The lowest BCUT2D eigenvalue weighted by molar-refractivity contribution is 0.181. The summed E-state index contributed by atoms with van der Waals surface area (Å²) in [5.74, 6) is 2.44. The number of anilines is 1. The van der Waals surface area contributed by atoms with Crippen LogP contribution in [0.15, 0.2) is 83.9 Å². The molecule has 1 saturated heterocycles. The third-order valence-corrected chi connectivity index (χ3v) is 5.33. The van der Waals surface area contributed by atoms with Gasteiger partial charge in [0.2, 0.25) is 0 Å². The number of nitrogens with one attached hydrogen (secondary N) is 1. The standard InChI is InChI=1S/C24H22N4O2/c29-24(25-18-8-2-1-3-9-18)28-16-14-27(15-17-28)23-19-10-4-6-12-21(19)30-22-13-7-5-11-20(22)26-23/h1-13H,14-17H2,(H,25,29). The number of benzene rings is 3. The average Bonchev–Trinajstić information content (AvgIpc) is 2.96. The number of hydrogen-bond donors (Lipinski definition) is 1. The molecule has 1 fully saturated rings. The molecule has 0 spiro atoms. The molecule has 2 aliphatic rings. The molecule has 150 valence electrons. The minimum absolute atomic E-state index is 0.0715. The second-order valence-corrected chi connectivity index (χ2v) is 7.27. The number of ether oxygens (including phenoxy) is 1. The van der Waals surface area contributed by atoms with Gasteiger partial charge in [0.25, 0.3) is 0 Å². The monoisotopic (exact) mass is 398 g/mol. The van der Waals surface area contributed by atoms with Crippen molar-refractivity contribution in [3.05, 3.63) is 84.4 Å². The van der Waals surface area contributed by atoms with E-state index in [1.165, 1.54) is 0 Å². The maximum atomic E-state index is 12.6. The van der Waals surface area contributed by atoms with Gasteiger partial charge in [0, 0.05) is 31.9 Å². The highest BCUT2D eigenvalue weighted by Crippen LogP contribution is 2.37. The Morgan fingerprint density at radius 1 is 0.800 bits per heavy atom. The molecule has 0 radical (unpaired) electrons. The Morgan fingerprint density at radius 2 is 1.47 bits per heavy atom. The molecule has 2 heterocycles. The Balaban J connectivity index is 1.35. The Labute approximate surface area is 175 Å². The van der Waals surface area contributed by atoms with Crippen molar-refractivity contribution in [1.29, 1.82) is 0 Å². The molecule has 2 amide bonds. The first-order valence-corrected chi connectivity index (χ1v) is 10.1. The van der Waals surface area contributed by atoms with Crippen molar-refractivity contribution in [2.45, 2.75) is 0 Å². The Morgan fingerprint density at radius 3 is 2.27 bits per heavy atom. The van der Waals surface area contributed by atoms with Crippen molar-refractivity contribution in [2.75, 3.05) is 31.5 Å². The van der Waals surface area contributed by atoms with Gasteiger partial charge in [-0.05, 0) is 36.4 Å². The number of amidine groups is 1. The molecule has 6 heteroatoms. The van der Waals surface area contributed by atoms with Crippen LogP contribution in [0.1, 0.15) is 5.56 Å². The van der Waals surface area contributed by atoms with Crippen LogP contribution in [0.25, 0.3) is 0 Å².